The van der Waals surface area contributed by atoms with Crippen LogP contribution in [0.15, 0.2) is 65.8 Å². The number of carbonyl (C=O) groups is 1. The topological polar surface area (TPSA) is 104 Å². The van der Waals surface area contributed by atoms with E-state index >= 15 is 0 Å². The summed E-state index contributed by atoms with van der Waals surface area (Å²) in [4.78, 5) is 17.4. The van der Waals surface area contributed by atoms with Gasteiger partial charge in [-0.05, 0) is 44.2 Å². The maximum atomic E-state index is 13.2. The van der Waals surface area contributed by atoms with Crippen molar-refractivity contribution in [2.75, 3.05) is 0 Å². The molecule has 0 radical (unpaired) electrons. The number of hydrogen-bond acceptors (Lipinski definition) is 6. The minimum Gasteiger partial charge on any atom is -0.504 e. The maximum absolute atomic E-state index is 13.2. The second-order valence-corrected chi connectivity index (χ2v) is 7.09. The Morgan fingerprint density at radius 1 is 1.07 bits per heavy atom. The maximum Gasteiger partial charge on any atom is 0.222 e. The first kappa shape index (κ1) is 19.3. The normalized spacial score (nSPS) is 15.7. The lowest BCUT2D eigenvalue weighted by molar-refractivity contribution is 0.0843. The highest BCUT2D eigenvalue weighted by Gasteiger charge is 2.34. The van der Waals surface area contributed by atoms with Gasteiger partial charge in [0.2, 0.25) is 17.8 Å². The van der Waals surface area contributed by atoms with Gasteiger partial charge in [-0.25, -0.2) is 4.99 Å². The highest BCUT2D eigenvalue weighted by Crippen LogP contribution is 2.37. The fourth-order valence-corrected chi connectivity index (χ4v) is 3.59. The molecular formula is C23H20N2O5. The summed E-state index contributed by atoms with van der Waals surface area (Å²) in [6, 6.07) is 13.9. The fraction of sp³-hybridized carbons (Fsp3) is 0.130. The van der Waals surface area contributed by atoms with Crippen molar-refractivity contribution in [2.24, 2.45) is 4.99 Å². The van der Waals surface area contributed by atoms with E-state index in [9.17, 15) is 20.1 Å². The van der Waals surface area contributed by atoms with E-state index in [1.54, 1.807) is 6.07 Å². The third-order valence-electron chi connectivity index (χ3n) is 5.04. The van der Waals surface area contributed by atoms with Crippen molar-refractivity contribution in [1.82, 2.24) is 4.57 Å². The molecule has 2 aromatic carbocycles. The van der Waals surface area contributed by atoms with Crippen LogP contribution in [0.5, 0.6) is 17.2 Å². The van der Waals surface area contributed by atoms with Gasteiger partial charge in [-0.2, -0.15) is 0 Å². The Kier molecular flexibility index (Phi) is 4.58. The molecule has 0 fully saturated rings. The molecule has 7 nitrogen and oxygen atoms in total. The molecule has 1 aromatic heterocycles. The lowest BCUT2D eigenvalue weighted by Gasteiger charge is -2.13. The number of aliphatic imine (C=N–C) groups is 1. The minimum absolute atomic E-state index is 0.0285. The lowest BCUT2D eigenvalue weighted by atomic mass is 10.1. The molecule has 0 spiro atoms. The Balaban J connectivity index is 1.64. The first-order valence-corrected chi connectivity index (χ1v) is 9.26. The number of nitrogens with zero attached hydrogens (tertiary/aromatic N) is 2. The number of rotatable bonds is 4. The quantitative estimate of drug-likeness (QED) is 0.454. The van der Waals surface area contributed by atoms with E-state index in [1.165, 1.54) is 12.1 Å². The van der Waals surface area contributed by atoms with E-state index in [2.05, 4.69) is 11.6 Å². The predicted octanol–water partition coefficient (Wildman–Crippen LogP) is 3.75. The lowest BCUT2D eigenvalue weighted by Crippen LogP contribution is -2.24. The Morgan fingerprint density at radius 3 is 2.33 bits per heavy atom. The van der Waals surface area contributed by atoms with Crippen molar-refractivity contribution in [2.45, 2.75) is 20.0 Å². The van der Waals surface area contributed by atoms with Crippen LogP contribution < -0.4 is 0 Å². The molecule has 0 aliphatic carbocycles. The van der Waals surface area contributed by atoms with Crippen LogP contribution in [0.4, 0.5) is 0 Å². The smallest absolute Gasteiger partial charge is 0.222 e. The summed E-state index contributed by atoms with van der Waals surface area (Å²) in [6.45, 7) is 7.61. The van der Waals surface area contributed by atoms with Gasteiger partial charge < -0.3 is 24.6 Å². The Hall–Kier alpha value is -4.00. The molecule has 2 heterocycles. The Bertz CT molecular complexity index is 1180. The first-order chi connectivity index (χ1) is 14.3. The van der Waals surface area contributed by atoms with E-state index in [4.69, 9.17) is 4.74 Å². The summed E-state index contributed by atoms with van der Waals surface area (Å²) in [5, 5.41) is 29.0. The van der Waals surface area contributed by atoms with Gasteiger partial charge in [0.1, 0.15) is 0 Å². The number of ether oxygens (including phenoxy) is 1. The standard InChI is InChI=1S/C23H20N2O5/c1-12-9-17(14(3)25(12)16-7-5-4-6-8-16)20(28)22-13(2)24-23(30-22)15-10-18(26)21(29)19(27)11-15/h4-11,22,26-27,29H,2H2,1,3H3. The van der Waals surface area contributed by atoms with Crippen molar-refractivity contribution in [1.29, 1.82) is 0 Å². The number of para-hydroxylation sites is 1. The molecule has 152 valence electrons. The molecule has 1 aliphatic heterocycles. The summed E-state index contributed by atoms with van der Waals surface area (Å²) >= 11 is 0. The van der Waals surface area contributed by atoms with Crippen LogP contribution in [0.2, 0.25) is 0 Å². The highest BCUT2D eigenvalue weighted by atomic mass is 16.5. The summed E-state index contributed by atoms with van der Waals surface area (Å²) in [6.07, 6.45) is -1.03. The molecule has 1 aliphatic rings. The van der Waals surface area contributed by atoms with Crippen molar-refractivity contribution in [3.8, 4) is 22.9 Å². The second-order valence-electron chi connectivity index (χ2n) is 7.09. The number of aromatic nitrogens is 1. The minimum atomic E-state index is -1.03. The molecule has 0 bridgehead atoms. The summed E-state index contributed by atoms with van der Waals surface area (Å²) in [7, 11) is 0. The number of Topliss-reactive ketones (excluding diaryl/α,β-unsaturated/α-hetero) is 1. The van der Waals surface area contributed by atoms with Gasteiger partial charge in [0.25, 0.3) is 0 Å². The van der Waals surface area contributed by atoms with E-state index in [0.29, 0.717) is 5.56 Å². The number of aromatic hydroxyl groups is 3. The SMILES string of the molecule is C=C1N=C(c2cc(O)c(O)c(O)c2)OC1C(=O)c1cc(C)n(-c2ccccc2)c1C. The number of phenols is 3. The molecule has 1 unspecified atom stereocenters. The molecule has 30 heavy (non-hydrogen) atoms. The highest BCUT2D eigenvalue weighted by molar-refractivity contribution is 6.07. The predicted molar refractivity (Wildman–Crippen MR) is 112 cm³/mol. The number of hydrogen-bond donors (Lipinski definition) is 3. The van der Waals surface area contributed by atoms with Crippen LogP contribution in [0.25, 0.3) is 5.69 Å². The zero-order chi connectivity index (χ0) is 21.6. The zero-order valence-corrected chi connectivity index (χ0v) is 16.5. The number of aryl methyl sites for hydroxylation is 1. The van der Waals surface area contributed by atoms with Gasteiger partial charge in [-0.15, -0.1) is 0 Å². The average Bonchev–Trinajstić information content (AvgIpc) is 3.25. The second kappa shape index (κ2) is 7.11. The van der Waals surface area contributed by atoms with E-state index < -0.39 is 23.4 Å². The van der Waals surface area contributed by atoms with E-state index in [-0.39, 0.29) is 22.9 Å². The van der Waals surface area contributed by atoms with Gasteiger partial charge in [-0.1, -0.05) is 24.8 Å². The van der Waals surface area contributed by atoms with Gasteiger partial charge in [0.15, 0.2) is 17.2 Å². The molecule has 7 heteroatoms. The third-order valence-corrected chi connectivity index (χ3v) is 5.04. The molecule has 0 amide bonds. The third kappa shape index (κ3) is 3.10. The monoisotopic (exact) mass is 404 g/mol. The van der Waals surface area contributed by atoms with E-state index in [1.807, 2.05) is 48.7 Å². The Labute approximate surface area is 172 Å². The van der Waals surface area contributed by atoms with Crippen molar-refractivity contribution in [3.63, 3.8) is 0 Å². The van der Waals surface area contributed by atoms with Gasteiger partial charge in [-0.3, -0.25) is 4.79 Å². The van der Waals surface area contributed by atoms with E-state index in [0.717, 1.165) is 17.1 Å². The van der Waals surface area contributed by atoms with Crippen LogP contribution in [0, 0.1) is 13.8 Å². The fourth-order valence-electron chi connectivity index (χ4n) is 3.59. The van der Waals surface area contributed by atoms with Crippen molar-refractivity contribution in [3.05, 3.63) is 83.3 Å². The van der Waals surface area contributed by atoms with Gasteiger partial charge in [0, 0.05) is 28.2 Å². The largest absolute Gasteiger partial charge is 0.504 e. The molecular weight excluding hydrogens is 384 g/mol. The number of phenolic OH excluding ortho intramolecular Hbond substituents is 3. The Morgan fingerprint density at radius 2 is 1.70 bits per heavy atom. The van der Waals surface area contributed by atoms with Crippen molar-refractivity contribution >= 4 is 11.7 Å². The number of carbonyl (C=O) groups excluding carboxylic acids is 1. The molecule has 0 saturated heterocycles. The van der Waals surface area contributed by atoms with Gasteiger partial charge >= 0.3 is 0 Å². The average molecular weight is 404 g/mol. The van der Waals surface area contributed by atoms with Gasteiger partial charge in [0.05, 0.1) is 5.70 Å². The van der Waals surface area contributed by atoms with Crippen LogP contribution >= 0.6 is 0 Å². The number of benzene rings is 2. The zero-order valence-electron chi connectivity index (χ0n) is 16.5. The van der Waals surface area contributed by atoms with Crippen LogP contribution in [0.1, 0.15) is 27.3 Å². The van der Waals surface area contributed by atoms with Crippen molar-refractivity contribution < 1.29 is 24.9 Å². The van der Waals surface area contributed by atoms with Crippen LogP contribution in [-0.4, -0.2) is 37.7 Å². The molecule has 3 N–H and O–H groups in total. The number of ketones is 1. The molecule has 4 rings (SSSR count). The van der Waals surface area contributed by atoms with Crippen LogP contribution in [0.3, 0.4) is 0 Å². The molecule has 1 atom stereocenters. The summed E-state index contributed by atoms with van der Waals surface area (Å²) in [5.41, 5.74) is 3.55. The van der Waals surface area contributed by atoms with Crippen LogP contribution in [-0.2, 0) is 4.74 Å². The molecule has 3 aromatic rings. The summed E-state index contributed by atoms with van der Waals surface area (Å²) in [5.74, 6) is -1.95. The summed E-state index contributed by atoms with van der Waals surface area (Å²) < 4.78 is 7.71. The molecule has 0 saturated carbocycles. The first-order valence-electron chi connectivity index (χ1n) is 9.26.